The summed E-state index contributed by atoms with van der Waals surface area (Å²) in [4.78, 5) is 19.4. The Balaban J connectivity index is 2.36. The molecule has 1 heterocycles. The summed E-state index contributed by atoms with van der Waals surface area (Å²) in [6.45, 7) is 5.49. The van der Waals surface area contributed by atoms with Crippen molar-refractivity contribution in [3.05, 3.63) is 27.9 Å². The number of aromatic nitrogens is 2. The Bertz CT molecular complexity index is 490. The van der Waals surface area contributed by atoms with Gasteiger partial charge in [-0.3, -0.25) is 4.79 Å². The summed E-state index contributed by atoms with van der Waals surface area (Å²) in [6, 6.07) is 1.55. The van der Waals surface area contributed by atoms with E-state index in [1.54, 1.807) is 6.07 Å². The lowest BCUT2D eigenvalue weighted by Crippen LogP contribution is -2.38. The van der Waals surface area contributed by atoms with Gasteiger partial charge in [0, 0.05) is 19.2 Å². The number of nitrogens with zero attached hydrogens (tertiary/aromatic N) is 1. The first-order chi connectivity index (χ1) is 9.59. The Morgan fingerprint density at radius 3 is 2.80 bits per heavy atom. The average molecular weight is 279 g/mol. The molecule has 1 saturated carbocycles. The van der Waals surface area contributed by atoms with Gasteiger partial charge in [-0.25, -0.2) is 4.98 Å². The lowest BCUT2D eigenvalue weighted by Gasteiger charge is -2.38. The van der Waals surface area contributed by atoms with Crippen LogP contribution in [0.15, 0.2) is 10.9 Å². The maximum Gasteiger partial charge on any atom is 0.251 e. The number of aromatic amines is 1. The van der Waals surface area contributed by atoms with Gasteiger partial charge in [0.1, 0.15) is 11.4 Å². The van der Waals surface area contributed by atoms with Crippen LogP contribution in [0.1, 0.15) is 51.0 Å². The molecular formula is C15H25N3O2. The second-order valence-electron chi connectivity index (χ2n) is 5.73. The van der Waals surface area contributed by atoms with E-state index in [9.17, 15) is 4.79 Å². The zero-order chi connectivity index (χ0) is 14.6. The number of nitrogens with one attached hydrogen (secondary N) is 2. The molecule has 0 saturated heterocycles. The fourth-order valence-corrected chi connectivity index (χ4v) is 2.95. The molecular weight excluding hydrogens is 254 g/mol. The standard InChI is InChI=1S/C15H25N3O2/c1-4-20-15(7-5-11(2)6-8-15)14-17-12(10-16-3)9-13(19)18-14/h9,11,16H,4-8,10H2,1-3H3,(H,17,18,19). The predicted octanol–water partition coefficient (Wildman–Crippen LogP) is 1.93. The lowest BCUT2D eigenvalue weighted by atomic mass is 9.79. The number of ether oxygens (including phenoxy) is 1. The third kappa shape index (κ3) is 3.27. The summed E-state index contributed by atoms with van der Waals surface area (Å²) >= 11 is 0. The molecule has 0 amide bonds. The SMILES string of the molecule is CCOC1(c2nc(CNC)cc(=O)[nH]2)CCC(C)CC1. The van der Waals surface area contributed by atoms with Gasteiger partial charge in [-0.2, -0.15) is 0 Å². The van der Waals surface area contributed by atoms with Gasteiger partial charge in [-0.05, 0) is 45.6 Å². The number of hydrogen-bond acceptors (Lipinski definition) is 4. The highest BCUT2D eigenvalue weighted by Crippen LogP contribution is 2.40. The van der Waals surface area contributed by atoms with E-state index in [2.05, 4.69) is 22.2 Å². The van der Waals surface area contributed by atoms with E-state index in [1.165, 1.54) is 0 Å². The average Bonchev–Trinajstić information content (AvgIpc) is 2.42. The molecule has 1 aliphatic rings. The third-order valence-electron chi connectivity index (χ3n) is 4.09. The van der Waals surface area contributed by atoms with Crippen LogP contribution >= 0.6 is 0 Å². The van der Waals surface area contributed by atoms with Crippen LogP contribution < -0.4 is 10.9 Å². The highest BCUT2D eigenvalue weighted by molar-refractivity contribution is 5.10. The minimum absolute atomic E-state index is 0.0991. The normalized spacial score (nSPS) is 26.6. The van der Waals surface area contributed by atoms with E-state index in [0.717, 1.165) is 37.3 Å². The van der Waals surface area contributed by atoms with Crippen LogP contribution in [0.5, 0.6) is 0 Å². The van der Waals surface area contributed by atoms with Crippen molar-refractivity contribution in [2.75, 3.05) is 13.7 Å². The van der Waals surface area contributed by atoms with Gasteiger partial charge in [-0.15, -0.1) is 0 Å². The number of H-pyrrole nitrogens is 1. The van der Waals surface area contributed by atoms with E-state index in [0.29, 0.717) is 19.0 Å². The van der Waals surface area contributed by atoms with Gasteiger partial charge in [-0.1, -0.05) is 6.92 Å². The molecule has 2 rings (SSSR count). The minimum atomic E-state index is -0.413. The number of rotatable bonds is 5. The van der Waals surface area contributed by atoms with Crippen molar-refractivity contribution >= 4 is 0 Å². The van der Waals surface area contributed by atoms with Gasteiger partial charge in [0.25, 0.3) is 5.56 Å². The van der Waals surface area contributed by atoms with Gasteiger partial charge in [0.15, 0.2) is 0 Å². The van der Waals surface area contributed by atoms with Crippen molar-refractivity contribution in [2.45, 2.75) is 51.7 Å². The van der Waals surface area contributed by atoms with Gasteiger partial charge < -0.3 is 15.0 Å². The molecule has 0 atom stereocenters. The fraction of sp³-hybridized carbons (Fsp3) is 0.733. The Morgan fingerprint density at radius 1 is 1.50 bits per heavy atom. The van der Waals surface area contributed by atoms with Crippen molar-refractivity contribution in [1.82, 2.24) is 15.3 Å². The molecule has 0 aromatic carbocycles. The van der Waals surface area contributed by atoms with Crippen LogP contribution in [-0.2, 0) is 16.9 Å². The summed E-state index contributed by atoms with van der Waals surface area (Å²) in [5.41, 5.74) is 0.256. The zero-order valence-electron chi connectivity index (χ0n) is 12.7. The summed E-state index contributed by atoms with van der Waals surface area (Å²) < 4.78 is 6.04. The smallest absolute Gasteiger partial charge is 0.251 e. The molecule has 0 aliphatic heterocycles. The Kier molecular flexibility index (Phi) is 4.94. The second-order valence-corrected chi connectivity index (χ2v) is 5.73. The first-order valence-electron chi connectivity index (χ1n) is 7.49. The largest absolute Gasteiger partial charge is 0.367 e. The lowest BCUT2D eigenvalue weighted by molar-refractivity contribution is -0.0839. The molecule has 0 spiro atoms. The van der Waals surface area contributed by atoms with Crippen molar-refractivity contribution in [2.24, 2.45) is 5.92 Å². The third-order valence-corrected chi connectivity index (χ3v) is 4.09. The fourth-order valence-electron chi connectivity index (χ4n) is 2.95. The Morgan fingerprint density at radius 2 is 2.20 bits per heavy atom. The van der Waals surface area contributed by atoms with E-state index < -0.39 is 5.60 Å². The summed E-state index contributed by atoms with van der Waals surface area (Å²) in [6.07, 6.45) is 4.07. The molecule has 1 aromatic rings. The van der Waals surface area contributed by atoms with Gasteiger partial charge in [0.05, 0.1) is 5.69 Å². The highest BCUT2D eigenvalue weighted by Gasteiger charge is 2.39. The Hall–Kier alpha value is -1.20. The van der Waals surface area contributed by atoms with Crippen LogP contribution in [0.2, 0.25) is 0 Å². The van der Waals surface area contributed by atoms with E-state index in [4.69, 9.17) is 4.74 Å². The van der Waals surface area contributed by atoms with Crippen molar-refractivity contribution in [1.29, 1.82) is 0 Å². The molecule has 5 nitrogen and oxygen atoms in total. The van der Waals surface area contributed by atoms with Crippen LogP contribution in [0.4, 0.5) is 0 Å². The molecule has 0 bridgehead atoms. The summed E-state index contributed by atoms with van der Waals surface area (Å²) in [7, 11) is 1.85. The van der Waals surface area contributed by atoms with Gasteiger partial charge in [0.2, 0.25) is 0 Å². The highest BCUT2D eigenvalue weighted by atomic mass is 16.5. The first kappa shape index (κ1) is 15.2. The van der Waals surface area contributed by atoms with Crippen LogP contribution in [-0.4, -0.2) is 23.6 Å². The molecule has 112 valence electrons. The Labute approximate surface area is 120 Å². The topological polar surface area (TPSA) is 67.0 Å². The predicted molar refractivity (Wildman–Crippen MR) is 78.6 cm³/mol. The van der Waals surface area contributed by atoms with Crippen molar-refractivity contribution in [3.63, 3.8) is 0 Å². The minimum Gasteiger partial charge on any atom is -0.367 e. The molecule has 20 heavy (non-hydrogen) atoms. The quantitative estimate of drug-likeness (QED) is 0.864. The molecule has 1 aliphatic carbocycles. The second kappa shape index (κ2) is 6.50. The van der Waals surface area contributed by atoms with E-state index in [-0.39, 0.29) is 5.56 Å². The van der Waals surface area contributed by atoms with Crippen LogP contribution in [0, 0.1) is 5.92 Å². The first-order valence-corrected chi connectivity index (χ1v) is 7.49. The van der Waals surface area contributed by atoms with E-state index >= 15 is 0 Å². The number of hydrogen-bond donors (Lipinski definition) is 2. The van der Waals surface area contributed by atoms with Crippen molar-refractivity contribution in [3.8, 4) is 0 Å². The zero-order valence-corrected chi connectivity index (χ0v) is 12.7. The maximum atomic E-state index is 11.9. The van der Waals surface area contributed by atoms with Crippen molar-refractivity contribution < 1.29 is 4.74 Å². The summed E-state index contributed by atoms with van der Waals surface area (Å²) in [5.74, 6) is 1.42. The van der Waals surface area contributed by atoms with Crippen LogP contribution in [0.3, 0.4) is 0 Å². The van der Waals surface area contributed by atoms with E-state index in [1.807, 2.05) is 14.0 Å². The molecule has 0 radical (unpaired) electrons. The molecule has 0 unspecified atom stereocenters. The molecule has 5 heteroatoms. The monoisotopic (exact) mass is 279 g/mol. The summed E-state index contributed by atoms with van der Waals surface area (Å²) in [5, 5.41) is 3.04. The molecule has 1 fully saturated rings. The molecule has 2 N–H and O–H groups in total. The van der Waals surface area contributed by atoms with Crippen LogP contribution in [0.25, 0.3) is 0 Å². The maximum absolute atomic E-state index is 11.9. The van der Waals surface area contributed by atoms with Gasteiger partial charge >= 0.3 is 0 Å². The molecule has 1 aromatic heterocycles.